The molecule has 0 N–H and O–H groups in total. The average molecular weight is 309 g/mol. The number of hydrogen-bond acceptors (Lipinski definition) is 1. The van der Waals surface area contributed by atoms with Crippen molar-refractivity contribution in [1.29, 1.82) is 0 Å². The third kappa shape index (κ3) is 3.46. The van der Waals surface area contributed by atoms with E-state index in [4.69, 9.17) is 0 Å². The summed E-state index contributed by atoms with van der Waals surface area (Å²) in [5, 5.41) is 0. The van der Waals surface area contributed by atoms with Crippen molar-refractivity contribution in [3.05, 3.63) is 30.3 Å². The maximum absolute atomic E-state index is 12.1. The molecule has 0 amide bonds. The molecule has 1 fully saturated rings. The second-order valence-corrected chi connectivity index (χ2v) is 8.90. The number of benzene rings is 1. The zero-order chi connectivity index (χ0) is 13.2. The van der Waals surface area contributed by atoms with Gasteiger partial charge in [0, 0.05) is 0 Å². The Morgan fingerprint density at radius 2 is 1.83 bits per heavy atom. The van der Waals surface area contributed by atoms with E-state index in [-0.39, 0.29) is 0 Å². The molecule has 0 bridgehead atoms. The van der Waals surface area contributed by atoms with Crippen LogP contribution in [-0.4, -0.2) is 20.7 Å². The third-order valence-electron chi connectivity index (χ3n) is 3.84. The predicted molar refractivity (Wildman–Crippen MR) is 77.4 cm³/mol. The number of carbonyl (C=O) groups excluding carboxylic acids is 1. The first-order valence-corrected chi connectivity index (χ1v) is 8.56. The topological polar surface area (TPSA) is 17.1 Å². The first-order valence-electron chi connectivity index (χ1n) is 6.71. The Morgan fingerprint density at radius 1 is 1.17 bits per heavy atom. The molecule has 1 nitrogen and oxygen atoms in total. The summed E-state index contributed by atoms with van der Waals surface area (Å²) in [6.45, 7) is 6.92. The second-order valence-electron chi connectivity index (χ2n) is 6.22. The number of carbonyl (C=O) groups is 1. The van der Waals surface area contributed by atoms with Crippen LogP contribution in [0.25, 0.3) is 0 Å². The molecular weight excluding hydrogens is 287 g/mol. The van der Waals surface area contributed by atoms with Crippen molar-refractivity contribution in [2.45, 2.75) is 44.9 Å². The van der Waals surface area contributed by atoms with E-state index in [2.05, 4.69) is 45.0 Å². The molecule has 0 unspecified atom stereocenters. The molecule has 1 aliphatic carbocycles. The molecule has 2 rings (SSSR count). The summed E-state index contributed by atoms with van der Waals surface area (Å²) in [6, 6.07) is 10.5. The van der Waals surface area contributed by atoms with Crippen LogP contribution in [0.3, 0.4) is 0 Å². The van der Waals surface area contributed by atoms with E-state index in [9.17, 15) is 4.79 Å². The van der Waals surface area contributed by atoms with Crippen LogP contribution in [-0.2, 0) is 4.79 Å². The molecule has 0 heterocycles. The third-order valence-corrected chi connectivity index (χ3v) is 6.54. The van der Waals surface area contributed by atoms with Gasteiger partial charge in [-0.3, -0.25) is 0 Å². The normalized spacial score (nSPS) is 25.2. The van der Waals surface area contributed by atoms with Gasteiger partial charge in [0.1, 0.15) is 0 Å². The summed E-state index contributed by atoms with van der Waals surface area (Å²) in [4.78, 5) is 12.4. The van der Waals surface area contributed by atoms with E-state index in [1.165, 1.54) is 4.46 Å². The molecular formula is C16H22OSe. The Bertz CT molecular complexity index is 405. The van der Waals surface area contributed by atoms with Crippen LogP contribution in [0, 0.1) is 11.3 Å². The summed E-state index contributed by atoms with van der Waals surface area (Å²) in [5.41, 5.74) is 0.339. The minimum absolute atomic E-state index is 0.304. The van der Waals surface area contributed by atoms with Gasteiger partial charge in [-0.25, -0.2) is 0 Å². The molecule has 1 aromatic rings. The van der Waals surface area contributed by atoms with Crippen LogP contribution in [0.1, 0.15) is 40.0 Å². The molecule has 98 valence electrons. The van der Waals surface area contributed by atoms with Crippen molar-refractivity contribution in [2.24, 2.45) is 11.3 Å². The first-order chi connectivity index (χ1) is 8.47. The molecule has 0 radical (unpaired) electrons. The van der Waals surface area contributed by atoms with E-state index in [1.54, 1.807) is 0 Å². The predicted octanol–water partition coefficient (Wildman–Crippen LogP) is 3.22. The Hall–Kier alpha value is -0.591. The molecule has 1 aromatic carbocycles. The molecule has 0 spiro atoms. The van der Waals surface area contributed by atoms with E-state index < -0.39 is 0 Å². The SMILES string of the molecule is CC(C)(C)[C@@H]1CCC(=O)[C@H]([Se]c2ccccc2)C1. The van der Waals surface area contributed by atoms with Crippen molar-refractivity contribution in [2.75, 3.05) is 0 Å². The average Bonchev–Trinajstić information content (AvgIpc) is 2.32. The van der Waals surface area contributed by atoms with Gasteiger partial charge in [0.2, 0.25) is 0 Å². The molecule has 18 heavy (non-hydrogen) atoms. The summed E-state index contributed by atoms with van der Waals surface area (Å²) in [7, 11) is 0. The number of ketones is 1. The van der Waals surface area contributed by atoms with Crippen LogP contribution in [0.5, 0.6) is 0 Å². The number of rotatable bonds is 2. The number of hydrogen-bond donors (Lipinski definition) is 0. The standard InChI is InChI=1S/C16H22OSe/c1-16(2,3)12-9-10-14(17)15(11-12)18-13-7-5-4-6-8-13/h4-8,12,15H,9-11H2,1-3H3/t12-,15-/m1/s1. The first kappa shape index (κ1) is 13.8. The fourth-order valence-corrected chi connectivity index (χ4v) is 5.11. The van der Waals surface area contributed by atoms with Gasteiger partial charge >= 0.3 is 117 Å². The van der Waals surface area contributed by atoms with Gasteiger partial charge in [0.05, 0.1) is 0 Å². The van der Waals surface area contributed by atoms with Crippen molar-refractivity contribution < 1.29 is 4.79 Å². The summed E-state index contributed by atoms with van der Waals surface area (Å²) < 4.78 is 1.36. The van der Waals surface area contributed by atoms with Crippen LogP contribution in [0.4, 0.5) is 0 Å². The molecule has 0 aliphatic heterocycles. The fraction of sp³-hybridized carbons (Fsp3) is 0.562. The van der Waals surface area contributed by atoms with Gasteiger partial charge in [0.15, 0.2) is 0 Å². The van der Waals surface area contributed by atoms with Crippen molar-refractivity contribution in [3.8, 4) is 0 Å². The Labute approximate surface area is 117 Å². The quantitative estimate of drug-likeness (QED) is 0.767. The maximum atomic E-state index is 12.1. The molecule has 2 atom stereocenters. The van der Waals surface area contributed by atoms with E-state index in [0.717, 1.165) is 19.3 Å². The Kier molecular flexibility index (Phi) is 4.29. The van der Waals surface area contributed by atoms with Gasteiger partial charge in [0.25, 0.3) is 0 Å². The molecule has 1 aliphatic rings. The molecule has 1 saturated carbocycles. The van der Waals surface area contributed by atoms with Gasteiger partial charge < -0.3 is 0 Å². The van der Waals surface area contributed by atoms with Crippen LogP contribution in [0.15, 0.2) is 30.3 Å². The van der Waals surface area contributed by atoms with Gasteiger partial charge in [-0.05, 0) is 0 Å². The van der Waals surface area contributed by atoms with Crippen molar-refractivity contribution >= 4 is 25.2 Å². The monoisotopic (exact) mass is 310 g/mol. The van der Waals surface area contributed by atoms with E-state index in [1.807, 2.05) is 6.07 Å². The Morgan fingerprint density at radius 3 is 2.44 bits per heavy atom. The van der Waals surface area contributed by atoms with Crippen molar-refractivity contribution in [3.63, 3.8) is 0 Å². The molecule has 0 saturated heterocycles. The Balaban J connectivity index is 2.05. The van der Waals surface area contributed by atoms with Gasteiger partial charge in [-0.2, -0.15) is 0 Å². The van der Waals surface area contributed by atoms with E-state index in [0.29, 0.717) is 36.9 Å². The van der Waals surface area contributed by atoms with Crippen molar-refractivity contribution in [1.82, 2.24) is 0 Å². The minimum atomic E-state index is 0.304. The second kappa shape index (κ2) is 5.59. The summed E-state index contributed by atoms with van der Waals surface area (Å²) >= 11 is 0.308. The number of Topliss-reactive ketones (excluding diaryl/α,β-unsaturated/α-hetero) is 1. The summed E-state index contributed by atoms with van der Waals surface area (Å²) in [5.74, 6) is 1.20. The zero-order valence-corrected chi connectivity index (χ0v) is 13.2. The molecule has 2 heteroatoms. The van der Waals surface area contributed by atoms with Crippen LogP contribution in [0.2, 0.25) is 4.82 Å². The van der Waals surface area contributed by atoms with Gasteiger partial charge in [-0.15, -0.1) is 0 Å². The zero-order valence-electron chi connectivity index (χ0n) is 11.5. The fourth-order valence-electron chi connectivity index (χ4n) is 2.55. The van der Waals surface area contributed by atoms with E-state index >= 15 is 0 Å². The van der Waals surface area contributed by atoms with Crippen LogP contribution >= 0.6 is 0 Å². The van der Waals surface area contributed by atoms with Gasteiger partial charge in [-0.1, -0.05) is 0 Å². The summed E-state index contributed by atoms with van der Waals surface area (Å²) in [6.07, 6.45) is 2.97. The van der Waals surface area contributed by atoms with Crippen LogP contribution < -0.4 is 4.46 Å². The molecule has 0 aromatic heterocycles.